The first-order valence-electron chi connectivity index (χ1n) is 3.57. The topological polar surface area (TPSA) is 91.8 Å². The van der Waals surface area contributed by atoms with Crippen molar-refractivity contribution >= 4 is 17.0 Å². The third kappa shape index (κ3) is 1.10. The second kappa shape index (κ2) is 2.77. The number of imidazole rings is 1. The van der Waals surface area contributed by atoms with Gasteiger partial charge in [-0.25, -0.2) is 20.4 Å². The maximum absolute atomic E-state index is 6.64. The SMILES string of the molecule is Cn1cnc2c(NN=N)ncnc21. The van der Waals surface area contributed by atoms with Crippen molar-refractivity contribution in [3.8, 4) is 0 Å². The molecule has 13 heavy (non-hydrogen) atoms. The Morgan fingerprint density at radius 3 is 3.08 bits per heavy atom. The Labute approximate surface area is 73.3 Å². The molecular weight excluding hydrogens is 170 g/mol. The lowest BCUT2D eigenvalue weighted by Crippen LogP contribution is -1.94. The highest BCUT2D eigenvalue weighted by Gasteiger charge is 2.06. The molecule has 0 aliphatic heterocycles. The van der Waals surface area contributed by atoms with E-state index in [1.807, 2.05) is 7.05 Å². The zero-order valence-corrected chi connectivity index (χ0v) is 6.89. The van der Waals surface area contributed by atoms with Crippen LogP contribution in [-0.2, 0) is 7.05 Å². The Hall–Kier alpha value is -2.05. The fourth-order valence-electron chi connectivity index (χ4n) is 1.08. The fraction of sp³-hybridized carbons (Fsp3) is 0.167. The second-order valence-corrected chi connectivity index (χ2v) is 2.47. The summed E-state index contributed by atoms with van der Waals surface area (Å²) in [4.78, 5) is 12.0. The Morgan fingerprint density at radius 2 is 2.31 bits per heavy atom. The minimum atomic E-state index is 0.445. The second-order valence-electron chi connectivity index (χ2n) is 2.47. The lowest BCUT2D eigenvalue weighted by Gasteiger charge is -1.97. The summed E-state index contributed by atoms with van der Waals surface area (Å²) in [6.07, 6.45) is 3.03. The van der Waals surface area contributed by atoms with Crippen LogP contribution in [0.4, 0.5) is 5.82 Å². The van der Waals surface area contributed by atoms with Crippen LogP contribution in [0.1, 0.15) is 0 Å². The molecule has 0 aliphatic carbocycles. The smallest absolute Gasteiger partial charge is 0.179 e. The van der Waals surface area contributed by atoms with E-state index >= 15 is 0 Å². The standard InChI is InChI=1S/C6H7N7/c1-13-3-10-4-5(11-12-7)8-2-9-6(4)13/h2-3H,1H3,(H2,7,8,9,11). The van der Waals surface area contributed by atoms with Crippen molar-refractivity contribution in [2.75, 3.05) is 5.43 Å². The number of nitrogens with zero attached hydrogens (tertiary/aromatic N) is 5. The van der Waals surface area contributed by atoms with Crippen molar-refractivity contribution in [2.24, 2.45) is 12.3 Å². The van der Waals surface area contributed by atoms with Crippen LogP contribution in [0, 0.1) is 5.53 Å². The van der Waals surface area contributed by atoms with E-state index in [0.29, 0.717) is 17.0 Å². The van der Waals surface area contributed by atoms with E-state index in [0.717, 1.165) is 0 Å². The first kappa shape index (κ1) is 7.59. The minimum Gasteiger partial charge on any atom is -0.318 e. The van der Waals surface area contributed by atoms with Gasteiger partial charge in [0.25, 0.3) is 0 Å². The van der Waals surface area contributed by atoms with Gasteiger partial charge in [0.05, 0.1) is 6.33 Å². The number of nitrogens with one attached hydrogen (secondary N) is 2. The molecule has 0 radical (unpaired) electrons. The summed E-state index contributed by atoms with van der Waals surface area (Å²) in [5, 5.41) is 3.03. The molecule has 2 heterocycles. The molecule has 2 rings (SSSR count). The molecule has 0 atom stereocenters. The van der Waals surface area contributed by atoms with Gasteiger partial charge in [0, 0.05) is 7.05 Å². The summed E-state index contributed by atoms with van der Waals surface area (Å²) in [5.41, 5.74) is 10.4. The lowest BCUT2D eigenvalue weighted by atomic mass is 10.5. The molecule has 2 N–H and O–H groups in total. The van der Waals surface area contributed by atoms with Crippen LogP contribution in [-0.4, -0.2) is 19.5 Å². The molecule has 7 heteroatoms. The van der Waals surface area contributed by atoms with Crippen molar-refractivity contribution in [1.82, 2.24) is 19.5 Å². The van der Waals surface area contributed by atoms with Crippen molar-refractivity contribution in [3.05, 3.63) is 12.7 Å². The van der Waals surface area contributed by atoms with Crippen LogP contribution in [0.25, 0.3) is 11.2 Å². The molecule has 0 fully saturated rings. The molecule has 7 nitrogen and oxygen atoms in total. The van der Waals surface area contributed by atoms with E-state index in [9.17, 15) is 0 Å². The molecule has 0 saturated carbocycles. The third-order valence-corrected chi connectivity index (χ3v) is 1.66. The molecule has 0 aliphatic rings. The Bertz CT molecular complexity index is 445. The number of fused-ring (bicyclic) bond motifs is 1. The predicted octanol–water partition coefficient (Wildman–Crippen LogP) is 0.721. The van der Waals surface area contributed by atoms with Crippen molar-refractivity contribution in [3.63, 3.8) is 0 Å². The molecule has 0 amide bonds. The van der Waals surface area contributed by atoms with Gasteiger partial charge in [-0.15, -0.1) is 0 Å². The van der Waals surface area contributed by atoms with E-state index in [-0.39, 0.29) is 0 Å². The van der Waals surface area contributed by atoms with Gasteiger partial charge in [0.15, 0.2) is 17.0 Å². The van der Waals surface area contributed by atoms with Crippen LogP contribution >= 0.6 is 0 Å². The van der Waals surface area contributed by atoms with E-state index in [1.165, 1.54) is 6.33 Å². The van der Waals surface area contributed by atoms with Gasteiger partial charge >= 0.3 is 0 Å². The summed E-state index contributed by atoms with van der Waals surface area (Å²) in [7, 11) is 1.84. The van der Waals surface area contributed by atoms with Crippen molar-refractivity contribution < 1.29 is 0 Å². The quantitative estimate of drug-likeness (QED) is 0.522. The van der Waals surface area contributed by atoms with Gasteiger partial charge in [-0.05, 0) is 0 Å². The summed E-state index contributed by atoms with van der Waals surface area (Å²) >= 11 is 0. The maximum Gasteiger partial charge on any atom is 0.179 e. The molecule has 0 bridgehead atoms. The van der Waals surface area contributed by atoms with Crippen LogP contribution in [0.3, 0.4) is 0 Å². The third-order valence-electron chi connectivity index (χ3n) is 1.66. The summed E-state index contributed by atoms with van der Waals surface area (Å²) in [6, 6.07) is 0. The van der Waals surface area contributed by atoms with Gasteiger partial charge in [0.1, 0.15) is 6.33 Å². The van der Waals surface area contributed by atoms with Gasteiger partial charge in [-0.1, -0.05) is 5.22 Å². The molecular formula is C6H7N7. The zero-order chi connectivity index (χ0) is 9.26. The van der Waals surface area contributed by atoms with Gasteiger partial charge in [-0.2, -0.15) is 5.53 Å². The van der Waals surface area contributed by atoms with Crippen LogP contribution < -0.4 is 5.43 Å². The number of hydrogen-bond acceptors (Lipinski definition) is 5. The molecule has 2 aromatic rings. The van der Waals surface area contributed by atoms with E-state index in [2.05, 4.69) is 25.6 Å². The monoisotopic (exact) mass is 177 g/mol. The Kier molecular flexibility index (Phi) is 1.62. The average Bonchev–Trinajstić information content (AvgIpc) is 2.50. The minimum absolute atomic E-state index is 0.445. The van der Waals surface area contributed by atoms with Gasteiger partial charge in [0.2, 0.25) is 0 Å². The van der Waals surface area contributed by atoms with E-state index in [4.69, 9.17) is 5.53 Å². The lowest BCUT2D eigenvalue weighted by molar-refractivity contribution is 0.927. The normalized spacial score (nSPS) is 10.2. The molecule has 0 aromatic carbocycles. The van der Waals surface area contributed by atoms with Gasteiger partial charge < -0.3 is 4.57 Å². The van der Waals surface area contributed by atoms with Crippen LogP contribution in [0.5, 0.6) is 0 Å². The zero-order valence-electron chi connectivity index (χ0n) is 6.89. The highest BCUT2D eigenvalue weighted by molar-refractivity contribution is 5.82. The molecule has 0 spiro atoms. The van der Waals surface area contributed by atoms with Crippen LogP contribution in [0.15, 0.2) is 17.9 Å². The number of anilines is 1. The highest BCUT2D eigenvalue weighted by Crippen LogP contribution is 2.15. The predicted molar refractivity (Wildman–Crippen MR) is 45.1 cm³/mol. The van der Waals surface area contributed by atoms with Crippen LogP contribution in [0.2, 0.25) is 0 Å². The number of hydrogen-bond donors (Lipinski definition) is 2. The molecule has 0 saturated heterocycles. The van der Waals surface area contributed by atoms with E-state index in [1.54, 1.807) is 10.9 Å². The molecule has 2 aromatic heterocycles. The highest BCUT2D eigenvalue weighted by atomic mass is 15.4. The average molecular weight is 177 g/mol. The maximum atomic E-state index is 6.64. The summed E-state index contributed by atoms with van der Waals surface area (Å²) < 4.78 is 1.77. The number of aryl methyl sites for hydroxylation is 1. The summed E-state index contributed by atoms with van der Waals surface area (Å²) in [6.45, 7) is 0. The number of rotatable bonds is 2. The molecule has 66 valence electrons. The Balaban J connectivity index is 2.69. The first-order chi connectivity index (χ1) is 6.33. The van der Waals surface area contributed by atoms with E-state index < -0.39 is 0 Å². The first-order valence-corrected chi connectivity index (χ1v) is 3.57. The van der Waals surface area contributed by atoms with Crippen molar-refractivity contribution in [2.45, 2.75) is 0 Å². The Morgan fingerprint density at radius 1 is 1.46 bits per heavy atom. The van der Waals surface area contributed by atoms with Gasteiger partial charge in [-0.3, -0.25) is 0 Å². The van der Waals surface area contributed by atoms with Crippen molar-refractivity contribution in [1.29, 1.82) is 5.53 Å². The number of aromatic nitrogens is 4. The summed E-state index contributed by atoms with van der Waals surface area (Å²) in [5.74, 6) is 0.445. The fourth-order valence-corrected chi connectivity index (χ4v) is 1.08. The molecule has 0 unspecified atom stereocenters. The largest absolute Gasteiger partial charge is 0.318 e.